The average molecular weight is 364 g/mol. The highest BCUT2D eigenvalue weighted by Crippen LogP contribution is 2.24. The molecular formula is C21H24N4O2. The lowest BCUT2D eigenvalue weighted by Gasteiger charge is -2.28. The van der Waals surface area contributed by atoms with Gasteiger partial charge in [0.25, 0.3) is 0 Å². The summed E-state index contributed by atoms with van der Waals surface area (Å²) < 4.78 is 7.91. The monoisotopic (exact) mass is 364 g/mol. The van der Waals surface area contributed by atoms with Crippen molar-refractivity contribution in [2.75, 3.05) is 13.1 Å². The molecule has 6 heteroatoms. The van der Waals surface area contributed by atoms with Gasteiger partial charge in [0.2, 0.25) is 5.88 Å². The maximum Gasteiger partial charge on any atom is 0.232 e. The molecule has 0 saturated carbocycles. The molecule has 3 heterocycles. The van der Waals surface area contributed by atoms with E-state index in [0.717, 1.165) is 30.0 Å². The van der Waals surface area contributed by atoms with Crippen LogP contribution in [0.25, 0.3) is 16.9 Å². The highest BCUT2D eigenvalue weighted by molar-refractivity contribution is 5.95. The highest BCUT2D eigenvalue weighted by atomic mass is 16.5. The summed E-state index contributed by atoms with van der Waals surface area (Å²) >= 11 is 0. The summed E-state index contributed by atoms with van der Waals surface area (Å²) in [7, 11) is 0. The SMILES string of the molecule is CC(=O)c1cccc(-c2cnc3ccc(OC(C)C4CCCNC4)nn23)c1. The molecule has 0 bridgehead atoms. The van der Waals surface area contributed by atoms with Crippen molar-refractivity contribution in [3.05, 3.63) is 48.2 Å². The molecule has 2 atom stereocenters. The minimum absolute atomic E-state index is 0.0394. The fourth-order valence-electron chi connectivity index (χ4n) is 3.58. The Bertz CT molecular complexity index is 960. The summed E-state index contributed by atoms with van der Waals surface area (Å²) in [5.74, 6) is 1.12. The van der Waals surface area contributed by atoms with Crippen LogP contribution in [0.1, 0.15) is 37.0 Å². The molecule has 4 rings (SSSR count). The topological polar surface area (TPSA) is 68.5 Å². The number of benzene rings is 1. The van der Waals surface area contributed by atoms with Gasteiger partial charge in [-0.2, -0.15) is 0 Å². The van der Waals surface area contributed by atoms with E-state index in [4.69, 9.17) is 4.74 Å². The lowest BCUT2D eigenvalue weighted by Crippen LogP contribution is -2.38. The first-order chi connectivity index (χ1) is 13.1. The van der Waals surface area contributed by atoms with Crippen molar-refractivity contribution in [3.63, 3.8) is 0 Å². The van der Waals surface area contributed by atoms with E-state index in [0.29, 0.717) is 17.4 Å². The summed E-state index contributed by atoms with van der Waals surface area (Å²) in [6, 6.07) is 11.3. The third kappa shape index (κ3) is 3.71. The minimum atomic E-state index is 0.0394. The quantitative estimate of drug-likeness (QED) is 0.703. The predicted octanol–water partition coefficient (Wildman–Crippen LogP) is 3.37. The van der Waals surface area contributed by atoms with Gasteiger partial charge in [-0.15, -0.1) is 5.10 Å². The number of Topliss-reactive ketones (excluding diaryl/α,β-unsaturated/α-hetero) is 1. The van der Waals surface area contributed by atoms with Crippen LogP contribution in [0.4, 0.5) is 0 Å². The minimum Gasteiger partial charge on any atom is -0.473 e. The Balaban J connectivity index is 1.63. The van der Waals surface area contributed by atoms with Crippen LogP contribution in [0.5, 0.6) is 5.88 Å². The molecule has 140 valence electrons. The number of ether oxygens (including phenoxy) is 1. The molecule has 1 N–H and O–H groups in total. The normalized spacial score (nSPS) is 18.4. The molecule has 2 aromatic heterocycles. The van der Waals surface area contributed by atoms with Crippen molar-refractivity contribution < 1.29 is 9.53 Å². The Kier molecular flexibility index (Phi) is 4.90. The molecule has 27 heavy (non-hydrogen) atoms. The van der Waals surface area contributed by atoms with E-state index in [1.165, 1.54) is 12.8 Å². The van der Waals surface area contributed by atoms with E-state index >= 15 is 0 Å². The largest absolute Gasteiger partial charge is 0.473 e. The van der Waals surface area contributed by atoms with Crippen molar-refractivity contribution in [1.29, 1.82) is 0 Å². The van der Waals surface area contributed by atoms with E-state index in [9.17, 15) is 4.79 Å². The number of imidazole rings is 1. The Hall–Kier alpha value is -2.73. The fourth-order valence-corrected chi connectivity index (χ4v) is 3.58. The second kappa shape index (κ2) is 7.48. The number of hydrogen-bond donors (Lipinski definition) is 1. The third-order valence-electron chi connectivity index (χ3n) is 5.21. The molecule has 1 aliphatic rings. The van der Waals surface area contributed by atoms with Crippen LogP contribution in [0.2, 0.25) is 0 Å². The number of rotatable bonds is 5. The van der Waals surface area contributed by atoms with E-state index in [-0.39, 0.29) is 11.9 Å². The second-order valence-corrected chi connectivity index (χ2v) is 7.15. The maximum absolute atomic E-state index is 11.7. The molecule has 2 unspecified atom stereocenters. The van der Waals surface area contributed by atoms with Crippen LogP contribution in [-0.4, -0.2) is 39.6 Å². The number of nitrogens with zero attached hydrogens (tertiary/aromatic N) is 3. The van der Waals surface area contributed by atoms with Crippen molar-refractivity contribution in [2.24, 2.45) is 5.92 Å². The second-order valence-electron chi connectivity index (χ2n) is 7.15. The number of hydrogen-bond acceptors (Lipinski definition) is 5. The smallest absolute Gasteiger partial charge is 0.232 e. The average Bonchev–Trinajstić information content (AvgIpc) is 3.12. The highest BCUT2D eigenvalue weighted by Gasteiger charge is 2.22. The van der Waals surface area contributed by atoms with Crippen molar-refractivity contribution in [3.8, 4) is 17.1 Å². The summed E-state index contributed by atoms with van der Waals surface area (Å²) in [6.45, 7) is 5.75. The molecule has 1 fully saturated rings. The molecule has 0 radical (unpaired) electrons. The Morgan fingerprint density at radius 1 is 1.33 bits per heavy atom. The van der Waals surface area contributed by atoms with Crippen LogP contribution in [0.15, 0.2) is 42.6 Å². The fraction of sp³-hybridized carbons (Fsp3) is 0.381. The predicted molar refractivity (Wildman–Crippen MR) is 104 cm³/mol. The van der Waals surface area contributed by atoms with Gasteiger partial charge in [0.1, 0.15) is 6.10 Å². The van der Waals surface area contributed by atoms with Gasteiger partial charge in [0.15, 0.2) is 11.4 Å². The zero-order valence-corrected chi connectivity index (χ0v) is 15.7. The third-order valence-corrected chi connectivity index (χ3v) is 5.21. The first-order valence-corrected chi connectivity index (χ1v) is 9.45. The first kappa shape index (κ1) is 17.7. The molecule has 1 aliphatic heterocycles. The Morgan fingerprint density at radius 3 is 3.00 bits per heavy atom. The summed E-state index contributed by atoms with van der Waals surface area (Å²) in [5, 5.41) is 8.08. The first-order valence-electron chi connectivity index (χ1n) is 9.45. The van der Waals surface area contributed by atoms with E-state index < -0.39 is 0 Å². The molecule has 0 spiro atoms. The maximum atomic E-state index is 11.7. The Morgan fingerprint density at radius 2 is 2.22 bits per heavy atom. The van der Waals surface area contributed by atoms with E-state index in [2.05, 4.69) is 22.3 Å². The van der Waals surface area contributed by atoms with Gasteiger partial charge < -0.3 is 10.1 Å². The summed E-state index contributed by atoms with van der Waals surface area (Å²) in [5.41, 5.74) is 3.17. The van der Waals surface area contributed by atoms with E-state index in [1.807, 2.05) is 36.4 Å². The van der Waals surface area contributed by atoms with Crippen LogP contribution < -0.4 is 10.1 Å². The van der Waals surface area contributed by atoms with Gasteiger partial charge in [-0.3, -0.25) is 4.79 Å². The molecular weight excluding hydrogens is 340 g/mol. The summed E-state index contributed by atoms with van der Waals surface area (Å²) in [6.07, 6.45) is 4.23. The number of nitrogens with one attached hydrogen (secondary N) is 1. The number of aromatic nitrogens is 3. The van der Waals surface area contributed by atoms with Gasteiger partial charge in [0, 0.05) is 29.7 Å². The molecule has 1 aromatic carbocycles. The van der Waals surface area contributed by atoms with Gasteiger partial charge in [-0.25, -0.2) is 9.50 Å². The van der Waals surface area contributed by atoms with Crippen LogP contribution in [-0.2, 0) is 0 Å². The van der Waals surface area contributed by atoms with Crippen molar-refractivity contribution in [1.82, 2.24) is 19.9 Å². The molecule has 0 aliphatic carbocycles. The van der Waals surface area contributed by atoms with E-state index in [1.54, 1.807) is 17.6 Å². The van der Waals surface area contributed by atoms with Gasteiger partial charge >= 0.3 is 0 Å². The standard InChI is InChI=1S/C21H24N4O2/c1-14(26)16-5-3-6-17(11-16)19-13-23-20-8-9-21(24-25(19)20)27-15(2)18-7-4-10-22-12-18/h3,5-6,8-9,11,13,15,18,22H,4,7,10,12H2,1-2H3. The zero-order chi connectivity index (χ0) is 18.8. The number of fused-ring (bicyclic) bond motifs is 1. The lowest BCUT2D eigenvalue weighted by molar-refractivity contribution is 0.101. The van der Waals surface area contributed by atoms with Crippen LogP contribution in [0.3, 0.4) is 0 Å². The lowest BCUT2D eigenvalue weighted by atomic mass is 9.95. The molecule has 6 nitrogen and oxygen atoms in total. The number of carbonyl (C=O) groups is 1. The number of carbonyl (C=O) groups excluding carboxylic acids is 1. The van der Waals surface area contributed by atoms with Crippen molar-refractivity contribution >= 4 is 11.4 Å². The molecule has 1 saturated heterocycles. The van der Waals surface area contributed by atoms with Crippen LogP contribution >= 0.6 is 0 Å². The van der Waals surface area contributed by atoms with Gasteiger partial charge in [0.05, 0.1) is 11.9 Å². The van der Waals surface area contributed by atoms with Gasteiger partial charge in [-0.05, 0) is 45.4 Å². The summed E-state index contributed by atoms with van der Waals surface area (Å²) in [4.78, 5) is 16.1. The number of ketones is 1. The molecule has 3 aromatic rings. The zero-order valence-electron chi connectivity index (χ0n) is 15.7. The van der Waals surface area contributed by atoms with Crippen molar-refractivity contribution in [2.45, 2.75) is 32.8 Å². The number of piperidine rings is 1. The van der Waals surface area contributed by atoms with Gasteiger partial charge in [-0.1, -0.05) is 18.2 Å². The molecule has 0 amide bonds. The Labute approximate surface area is 158 Å². The van der Waals surface area contributed by atoms with Crippen LogP contribution in [0, 0.1) is 5.92 Å².